The number of carbonyl (C=O) groups excluding carboxylic acids is 1. The lowest BCUT2D eigenvalue weighted by Gasteiger charge is -2.21. The molecule has 0 saturated carbocycles. The zero-order valence-electron chi connectivity index (χ0n) is 15.5. The van der Waals surface area contributed by atoms with E-state index >= 15 is 0 Å². The van der Waals surface area contributed by atoms with Crippen LogP contribution in [0.3, 0.4) is 0 Å². The number of rotatable bonds is 7. The molecule has 140 valence electrons. The van der Waals surface area contributed by atoms with Crippen LogP contribution in [0, 0.1) is 0 Å². The molecule has 2 heterocycles. The lowest BCUT2D eigenvalue weighted by Crippen LogP contribution is -2.45. The van der Waals surface area contributed by atoms with Crippen LogP contribution in [0.4, 0.5) is 0 Å². The SMILES string of the molecule is CCCC1CC(C(=O)NC(c2cccc(OC)c2)c2nccn2C)NN1. The molecular formula is C19H27N5O2. The van der Waals surface area contributed by atoms with E-state index in [1.54, 1.807) is 13.3 Å². The van der Waals surface area contributed by atoms with Crippen molar-refractivity contribution in [1.29, 1.82) is 0 Å². The molecule has 3 rings (SSSR count). The zero-order chi connectivity index (χ0) is 18.5. The molecule has 1 amide bonds. The Morgan fingerprint density at radius 2 is 2.31 bits per heavy atom. The summed E-state index contributed by atoms with van der Waals surface area (Å²) in [6, 6.07) is 7.45. The van der Waals surface area contributed by atoms with Gasteiger partial charge >= 0.3 is 0 Å². The van der Waals surface area contributed by atoms with Crippen molar-refractivity contribution in [3.8, 4) is 5.75 Å². The van der Waals surface area contributed by atoms with Gasteiger partial charge in [-0.2, -0.15) is 0 Å². The Hall–Kier alpha value is -2.38. The molecule has 3 atom stereocenters. The van der Waals surface area contributed by atoms with E-state index in [1.165, 1.54) is 0 Å². The van der Waals surface area contributed by atoms with Crippen LogP contribution >= 0.6 is 0 Å². The molecule has 3 N–H and O–H groups in total. The van der Waals surface area contributed by atoms with Crippen molar-refractivity contribution in [2.75, 3.05) is 7.11 Å². The van der Waals surface area contributed by atoms with Gasteiger partial charge in [-0.25, -0.2) is 10.4 Å². The molecule has 1 aliphatic rings. The second kappa shape index (κ2) is 8.33. The van der Waals surface area contributed by atoms with E-state index in [-0.39, 0.29) is 18.0 Å². The average Bonchev–Trinajstić information content (AvgIpc) is 3.29. The molecule has 3 unspecified atom stereocenters. The average molecular weight is 357 g/mol. The summed E-state index contributed by atoms with van der Waals surface area (Å²) in [6.07, 6.45) is 6.54. The molecule has 0 bridgehead atoms. The number of ether oxygens (including phenoxy) is 1. The molecule has 0 aliphatic carbocycles. The summed E-state index contributed by atoms with van der Waals surface area (Å²) in [7, 11) is 3.56. The molecular weight excluding hydrogens is 330 g/mol. The van der Waals surface area contributed by atoms with Crippen LogP contribution < -0.4 is 20.9 Å². The van der Waals surface area contributed by atoms with Gasteiger partial charge in [-0.05, 0) is 30.5 Å². The maximum absolute atomic E-state index is 12.9. The number of nitrogens with zero attached hydrogens (tertiary/aromatic N) is 2. The number of carbonyl (C=O) groups is 1. The number of aromatic nitrogens is 2. The molecule has 1 aliphatic heterocycles. The van der Waals surface area contributed by atoms with Gasteiger partial charge in [0, 0.05) is 25.5 Å². The third-order valence-corrected chi connectivity index (χ3v) is 4.77. The van der Waals surface area contributed by atoms with Gasteiger partial charge in [-0.1, -0.05) is 25.5 Å². The molecule has 0 radical (unpaired) electrons. The van der Waals surface area contributed by atoms with Crippen molar-refractivity contribution in [2.45, 2.75) is 44.3 Å². The first-order valence-corrected chi connectivity index (χ1v) is 9.05. The summed E-state index contributed by atoms with van der Waals surface area (Å²) in [6.45, 7) is 2.15. The fourth-order valence-corrected chi connectivity index (χ4v) is 3.35. The molecule has 1 aromatic carbocycles. The molecule has 7 nitrogen and oxygen atoms in total. The normalized spacial score (nSPS) is 20.7. The Labute approximate surface area is 154 Å². The van der Waals surface area contributed by atoms with Crippen LogP contribution in [0.5, 0.6) is 5.75 Å². The number of nitrogens with one attached hydrogen (secondary N) is 3. The second-order valence-electron chi connectivity index (χ2n) is 6.68. The topological polar surface area (TPSA) is 80.2 Å². The Morgan fingerprint density at radius 3 is 3.00 bits per heavy atom. The van der Waals surface area contributed by atoms with E-state index < -0.39 is 0 Å². The summed E-state index contributed by atoms with van der Waals surface area (Å²) in [5.41, 5.74) is 7.26. The zero-order valence-corrected chi connectivity index (χ0v) is 15.5. The van der Waals surface area contributed by atoms with Crippen LogP contribution in [0.15, 0.2) is 36.7 Å². The standard InChI is InChI=1S/C19H27N5O2/c1-4-6-14-12-16(23-22-14)19(25)21-17(18-20-9-10-24(18)2)13-7-5-8-15(11-13)26-3/h5,7-11,14,16-17,22-23H,4,6,12H2,1-3H3,(H,21,25). The van der Waals surface area contributed by atoms with Crippen molar-refractivity contribution < 1.29 is 9.53 Å². The van der Waals surface area contributed by atoms with E-state index in [0.717, 1.165) is 36.4 Å². The van der Waals surface area contributed by atoms with Crippen molar-refractivity contribution in [2.24, 2.45) is 7.05 Å². The summed E-state index contributed by atoms with van der Waals surface area (Å²) in [4.78, 5) is 17.3. The van der Waals surface area contributed by atoms with Crippen molar-refractivity contribution in [1.82, 2.24) is 25.7 Å². The van der Waals surface area contributed by atoms with Crippen molar-refractivity contribution >= 4 is 5.91 Å². The van der Waals surface area contributed by atoms with E-state index in [1.807, 2.05) is 42.1 Å². The summed E-state index contributed by atoms with van der Waals surface area (Å²) in [5, 5.41) is 3.15. The molecule has 2 aromatic rings. The number of amides is 1. The number of hydrogen-bond acceptors (Lipinski definition) is 5. The summed E-state index contributed by atoms with van der Waals surface area (Å²) >= 11 is 0. The van der Waals surface area contributed by atoms with Gasteiger partial charge in [0.2, 0.25) is 5.91 Å². The van der Waals surface area contributed by atoms with Gasteiger partial charge in [0.25, 0.3) is 0 Å². The van der Waals surface area contributed by atoms with Gasteiger partial charge in [-0.3, -0.25) is 10.2 Å². The van der Waals surface area contributed by atoms with Crippen LogP contribution in [-0.4, -0.2) is 34.7 Å². The van der Waals surface area contributed by atoms with Crippen LogP contribution in [0.1, 0.15) is 43.6 Å². The highest BCUT2D eigenvalue weighted by Crippen LogP contribution is 2.24. The summed E-state index contributed by atoms with van der Waals surface area (Å²) in [5.74, 6) is 1.49. The number of hydrazine groups is 1. The first-order chi connectivity index (χ1) is 12.6. The molecule has 7 heteroatoms. The third kappa shape index (κ3) is 4.05. The number of imidazole rings is 1. The maximum Gasteiger partial charge on any atom is 0.239 e. The van der Waals surface area contributed by atoms with Gasteiger partial charge in [0.05, 0.1) is 7.11 Å². The molecule has 26 heavy (non-hydrogen) atoms. The van der Waals surface area contributed by atoms with Crippen LogP contribution in [0.2, 0.25) is 0 Å². The predicted molar refractivity (Wildman–Crippen MR) is 99.6 cm³/mol. The molecule has 1 aromatic heterocycles. The number of aryl methyl sites for hydroxylation is 1. The van der Waals surface area contributed by atoms with E-state index in [9.17, 15) is 4.79 Å². The van der Waals surface area contributed by atoms with Crippen LogP contribution in [-0.2, 0) is 11.8 Å². The van der Waals surface area contributed by atoms with Crippen LogP contribution in [0.25, 0.3) is 0 Å². The maximum atomic E-state index is 12.9. The minimum Gasteiger partial charge on any atom is -0.497 e. The molecule has 0 spiro atoms. The lowest BCUT2D eigenvalue weighted by atomic mass is 10.0. The van der Waals surface area contributed by atoms with E-state index in [2.05, 4.69) is 28.1 Å². The highest BCUT2D eigenvalue weighted by atomic mass is 16.5. The number of benzene rings is 1. The second-order valence-corrected chi connectivity index (χ2v) is 6.68. The first-order valence-electron chi connectivity index (χ1n) is 9.05. The van der Waals surface area contributed by atoms with E-state index in [0.29, 0.717) is 6.04 Å². The Kier molecular flexibility index (Phi) is 5.90. The van der Waals surface area contributed by atoms with Crippen molar-refractivity contribution in [3.63, 3.8) is 0 Å². The monoisotopic (exact) mass is 357 g/mol. The van der Waals surface area contributed by atoms with Gasteiger partial charge in [0.1, 0.15) is 23.7 Å². The van der Waals surface area contributed by atoms with Gasteiger partial charge in [-0.15, -0.1) is 0 Å². The first kappa shape index (κ1) is 18.4. The highest BCUT2D eigenvalue weighted by Gasteiger charge is 2.31. The van der Waals surface area contributed by atoms with E-state index in [4.69, 9.17) is 4.74 Å². The lowest BCUT2D eigenvalue weighted by molar-refractivity contribution is -0.123. The Morgan fingerprint density at radius 1 is 1.46 bits per heavy atom. The fourth-order valence-electron chi connectivity index (χ4n) is 3.35. The Balaban J connectivity index is 1.80. The molecule has 1 fully saturated rings. The van der Waals surface area contributed by atoms with Gasteiger partial charge in [0.15, 0.2) is 0 Å². The third-order valence-electron chi connectivity index (χ3n) is 4.77. The number of hydrogen-bond donors (Lipinski definition) is 3. The Bertz CT molecular complexity index is 745. The smallest absolute Gasteiger partial charge is 0.239 e. The fraction of sp³-hybridized carbons (Fsp3) is 0.474. The minimum atomic E-state index is -0.343. The predicted octanol–water partition coefficient (Wildman–Crippen LogP) is 1.67. The van der Waals surface area contributed by atoms with Gasteiger partial charge < -0.3 is 14.6 Å². The summed E-state index contributed by atoms with van der Waals surface area (Å²) < 4.78 is 7.26. The minimum absolute atomic E-state index is 0.0353. The molecule has 1 saturated heterocycles. The number of methoxy groups -OCH3 is 1. The van der Waals surface area contributed by atoms with Crippen molar-refractivity contribution in [3.05, 3.63) is 48.0 Å². The largest absolute Gasteiger partial charge is 0.497 e. The highest BCUT2D eigenvalue weighted by molar-refractivity contribution is 5.82. The quantitative estimate of drug-likeness (QED) is 0.702.